The molecule has 142 valence electrons. The minimum Gasteiger partial charge on any atom is -0.456 e. The van der Waals surface area contributed by atoms with Crippen molar-refractivity contribution in [3.63, 3.8) is 0 Å². The van der Waals surface area contributed by atoms with Gasteiger partial charge in [-0.25, -0.2) is 4.79 Å². The lowest BCUT2D eigenvalue weighted by molar-refractivity contribution is -0.148. The van der Waals surface area contributed by atoms with Gasteiger partial charge in [-0.2, -0.15) is 0 Å². The Balaban J connectivity index is 1.54. The third-order valence-electron chi connectivity index (χ3n) is 3.65. The maximum absolute atomic E-state index is 11.7. The highest BCUT2D eigenvalue weighted by Gasteiger charge is 2.13. The van der Waals surface area contributed by atoms with Crippen LogP contribution in [0, 0.1) is 0 Å². The van der Waals surface area contributed by atoms with E-state index in [2.05, 4.69) is 10.6 Å². The summed E-state index contributed by atoms with van der Waals surface area (Å²) in [5, 5.41) is 5.15. The fourth-order valence-corrected chi connectivity index (χ4v) is 2.30. The maximum atomic E-state index is 11.7. The first-order chi connectivity index (χ1) is 12.5. The Morgan fingerprint density at radius 1 is 1.08 bits per heavy atom. The summed E-state index contributed by atoms with van der Waals surface area (Å²) in [7, 11) is 0. The molecule has 0 radical (unpaired) electrons. The summed E-state index contributed by atoms with van der Waals surface area (Å²) < 4.78 is 15.4. The van der Waals surface area contributed by atoms with Crippen molar-refractivity contribution in [3.05, 3.63) is 23.8 Å². The van der Waals surface area contributed by atoms with E-state index < -0.39 is 12.0 Å². The Labute approximate surface area is 151 Å². The first-order valence-corrected chi connectivity index (χ1v) is 8.39. The number of hydrogen-bond donors (Lipinski definition) is 3. The minimum absolute atomic E-state index is 0.197. The average molecular weight is 365 g/mol. The molecule has 1 aromatic carbocycles. The second-order valence-corrected chi connectivity index (χ2v) is 5.73. The van der Waals surface area contributed by atoms with Crippen LogP contribution in [0.15, 0.2) is 18.2 Å². The van der Waals surface area contributed by atoms with Crippen molar-refractivity contribution in [1.29, 1.82) is 0 Å². The number of nitrogens with one attached hydrogen (secondary N) is 2. The van der Waals surface area contributed by atoms with E-state index in [4.69, 9.17) is 19.9 Å². The number of carbonyl (C=O) groups excluding carboxylic acids is 3. The number of rotatable bonds is 10. The van der Waals surface area contributed by atoms with Gasteiger partial charge < -0.3 is 30.6 Å². The van der Waals surface area contributed by atoms with Crippen LogP contribution in [0.5, 0.6) is 11.5 Å². The van der Waals surface area contributed by atoms with E-state index in [1.165, 1.54) is 0 Å². The van der Waals surface area contributed by atoms with Crippen LogP contribution in [0.25, 0.3) is 0 Å². The number of unbranched alkanes of at least 4 members (excludes halogenated alkanes) is 2. The normalized spacial score (nSPS) is 11.7. The van der Waals surface area contributed by atoms with E-state index in [-0.39, 0.29) is 25.7 Å². The molecule has 0 fully saturated rings. The van der Waals surface area contributed by atoms with Crippen molar-refractivity contribution in [1.82, 2.24) is 10.6 Å². The molecule has 2 rings (SSSR count). The van der Waals surface area contributed by atoms with Crippen molar-refractivity contribution in [3.8, 4) is 11.5 Å². The largest absolute Gasteiger partial charge is 0.456 e. The number of benzene rings is 1. The maximum Gasteiger partial charge on any atom is 0.312 e. The van der Waals surface area contributed by atoms with Gasteiger partial charge in [0.25, 0.3) is 5.91 Å². The second kappa shape index (κ2) is 10.1. The van der Waals surface area contributed by atoms with Crippen molar-refractivity contribution >= 4 is 17.9 Å². The Morgan fingerprint density at radius 3 is 2.69 bits per heavy atom. The summed E-state index contributed by atoms with van der Waals surface area (Å²) in [5.74, 6) is 0.529. The van der Waals surface area contributed by atoms with Crippen LogP contribution in [0.3, 0.4) is 0 Å². The fourth-order valence-electron chi connectivity index (χ4n) is 2.30. The molecule has 0 saturated carbocycles. The monoisotopic (exact) mass is 365 g/mol. The summed E-state index contributed by atoms with van der Waals surface area (Å²) in [6, 6.07) is 4.84. The van der Waals surface area contributed by atoms with Gasteiger partial charge in [-0.1, -0.05) is 12.5 Å². The van der Waals surface area contributed by atoms with Crippen molar-refractivity contribution in [2.24, 2.45) is 5.73 Å². The number of urea groups is 1. The number of nitrogens with two attached hydrogens (primary N) is 1. The van der Waals surface area contributed by atoms with Crippen LogP contribution < -0.4 is 25.8 Å². The molecule has 1 heterocycles. The van der Waals surface area contributed by atoms with E-state index in [1.54, 1.807) is 12.1 Å². The molecule has 0 aliphatic carbocycles. The van der Waals surface area contributed by atoms with Crippen LogP contribution in [0.1, 0.15) is 31.2 Å². The lowest BCUT2D eigenvalue weighted by Crippen LogP contribution is -2.30. The molecule has 9 nitrogen and oxygen atoms in total. The van der Waals surface area contributed by atoms with Crippen molar-refractivity contribution in [2.75, 3.05) is 19.9 Å². The Kier molecular flexibility index (Phi) is 7.53. The third-order valence-corrected chi connectivity index (χ3v) is 3.65. The van der Waals surface area contributed by atoms with Gasteiger partial charge in [0.2, 0.25) is 6.79 Å². The van der Waals surface area contributed by atoms with E-state index in [0.717, 1.165) is 18.4 Å². The molecule has 4 N–H and O–H groups in total. The highest BCUT2D eigenvalue weighted by molar-refractivity contribution is 5.80. The number of carbonyl (C=O) groups is 3. The van der Waals surface area contributed by atoms with E-state index in [1.807, 2.05) is 6.07 Å². The highest BCUT2D eigenvalue weighted by Crippen LogP contribution is 2.32. The van der Waals surface area contributed by atoms with Crippen LogP contribution >= 0.6 is 0 Å². The van der Waals surface area contributed by atoms with Gasteiger partial charge in [0.05, 0.1) is 0 Å². The highest BCUT2D eigenvalue weighted by atomic mass is 16.7. The molecule has 0 aromatic heterocycles. The molecule has 1 aliphatic rings. The summed E-state index contributed by atoms with van der Waals surface area (Å²) in [6.45, 7) is 0.669. The molecule has 9 heteroatoms. The number of primary amides is 1. The summed E-state index contributed by atoms with van der Waals surface area (Å²) >= 11 is 0. The molecule has 0 atom stereocenters. The zero-order chi connectivity index (χ0) is 18.8. The molecule has 3 amide bonds. The molecule has 0 spiro atoms. The van der Waals surface area contributed by atoms with Gasteiger partial charge in [-0.3, -0.25) is 9.59 Å². The first-order valence-electron chi connectivity index (χ1n) is 8.39. The van der Waals surface area contributed by atoms with Crippen molar-refractivity contribution in [2.45, 2.75) is 32.2 Å². The van der Waals surface area contributed by atoms with E-state index >= 15 is 0 Å². The van der Waals surface area contributed by atoms with Crippen LogP contribution in [0.2, 0.25) is 0 Å². The summed E-state index contributed by atoms with van der Waals surface area (Å²) in [4.78, 5) is 33.8. The molecule has 0 bridgehead atoms. The van der Waals surface area contributed by atoms with Gasteiger partial charge in [-0.15, -0.1) is 0 Å². The molecule has 26 heavy (non-hydrogen) atoms. The average Bonchev–Trinajstić information content (AvgIpc) is 3.08. The molecule has 0 unspecified atom stereocenters. The summed E-state index contributed by atoms with van der Waals surface area (Å²) in [6.07, 6.45) is 2.34. The van der Waals surface area contributed by atoms with Gasteiger partial charge in [0, 0.05) is 19.5 Å². The van der Waals surface area contributed by atoms with Gasteiger partial charge in [-0.05, 0) is 30.5 Å². The van der Waals surface area contributed by atoms with Gasteiger partial charge in [0.15, 0.2) is 18.1 Å². The number of hydrogen-bond acceptors (Lipinski definition) is 6. The van der Waals surface area contributed by atoms with Gasteiger partial charge in [0.1, 0.15) is 0 Å². The van der Waals surface area contributed by atoms with Gasteiger partial charge >= 0.3 is 12.0 Å². The zero-order valence-corrected chi connectivity index (χ0v) is 14.4. The van der Waals surface area contributed by atoms with Crippen LogP contribution in [-0.4, -0.2) is 37.9 Å². The molecular weight excluding hydrogens is 342 g/mol. The minimum atomic E-state index is -0.559. The molecule has 1 aliphatic heterocycles. The predicted molar refractivity (Wildman–Crippen MR) is 91.4 cm³/mol. The molecule has 0 saturated heterocycles. The Hall–Kier alpha value is -2.97. The number of fused-ring (bicyclic) bond motifs is 1. The van der Waals surface area contributed by atoms with Crippen molar-refractivity contribution < 1.29 is 28.6 Å². The van der Waals surface area contributed by atoms with E-state index in [0.29, 0.717) is 31.0 Å². The standard InChI is InChI=1S/C17H23N3O6/c18-17(23)19-7-3-1-2-4-16(22)24-10-15(21)20-9-12-5-6-13-14(8-12)26-11-25-13/h5-6,8H,1-4,7,9-11H2,(H,20,21)(H3,18,19,23). The summed E-state index contributed by atoms with van der Waals surface area (Å²) in [5.41, 5.74) is 5.79. The fraction of sp³-hybridized carbons (Fsp3) is 0.471. The van der Waals surface area contributed by atoms with E-state index in [9.17, 15) is 14.4 Å². The third kappa shape index (κ3) is 6.88. The SMILES string of the molecule is NC(=O)NCCCCCC(=O)OCC(=O)NCc1ccc2c(c1)OCO2. The van der Waals surface area contributed by atoms with Crippen LogP contribution in [0.4, 0.5) is 4.79 Å². The molecule has 1 aromatic rings. The quantitative estimate of drug-likeness (QED) is 0.415. The number of amides is 3. The number of ether oxygens (including phenoxy) is 3. The topological polar surface area (TPSA) is 129 Å². The second-order valence-electron chi connectivity index (χ2n) is 5.73. The molecular formula is C17H23N3O6. The lowest BCUT2D eigenvalue weighted by Gasteiger charge is -2.07. The lowest BCUT2D eigenvalue weighted by atomic mass is 10.2. The number of esters is 1. The first kappa shape index (κ1) is 19.4. The zero-order valence-electron chi connectivity index (χ0n) is 14.4. The van der Waals surface area contributed by atoms with Crippen LogP contribution in [-0.2, 0) is 20.9 Å². The smallest absolute Gasteiger partial charge is 0.312 e. The Bertz CT molecular complexity index is 649. The predicted octanol–water partition coefficient (Wildman–Crippen LogP) is 0.803. The Morgan fingerprint density at radius 2 is 1.88 bits per heavy atom.